The SMILES string of the molecule is CCNC(=NCCCCOCC)N(C)CC(=O)N(CC)CC. The van der Waals surface area contributed by atoms with E-state index in [0.29, 0.717) is 6.54 Å². The second-order valence-corrected chi connectivity index (χ2v) is 5.06. The summed E-state index contributed by atoms with van der Waals surface area (Å²) in [5.41, 5.74) is 0. The third kappa shape index (κ3) is 8.87. The molecule has 0 rings (SSSR count). The van der Waals surface area contributed by atoms with Gasteiger partial charge < -0.3 is 19.9 Å². The number of amides is 1. The molecule has 22 heavy (non-hydrogen) atoms. The Labute approximate surface area is 135 Å². The van der Waals surface area contributed by atoms with Crippen LogP contribution in [0.25, 0.3) is 0 Å². The molecule has 0 saturated heterocycles. The summed E-state index contributed by atoms with van der Waals surface area (Å²) in [6.45, 7) is 13.0. The standard InChI is InChI=1S/C16H34N4O2/c1-6-17-16(18-12-10-11-13-22-9-4)19(5)14-15(21)20(7-2)8-3/h6-14H2,1-5H3,(H,17,18). The summed E-state index contributed by atoms with van der Waals surface area (Å²) in [5.74, 6) is 0.925. The molecule has 0 unspecified atom stereocenters. The van der Waals surface area contributed by atoms with Crippen LogP contribution in [0.15, 0.2) is 4.99 Å². The molecule has 0 bridgehead atoms. The number of guanidine groups is 1. The predicted molar refractivity (Wildman–Crippen MR) is 92.3 cm³/mol. The van der Waals surface area contributed by atoms with Gasteiger partial charge in [-0.25, -0.2) is 0 Å². The fourth-order valence-corrected chi connectivity index (χ4v) is 2.07. The highest BCUT2D eigenvalue weighted by atomic mass is 16.5. The highest BCUT2D eigenvalue weighted by Gasteiger charge is 2.14. The highest BCUT2D eigenvalue weighted by molar-refractivity contribution is 5.86. The number of hydrogen-bond donors (Lipinski definition) is 1. The van der Waals surface area contributed by atoms with Crippen molar-refractivity contribution in [1.29, 1.82) is 0 Å². The fraction of sp³-hybridized carbons (Fsp3) is 0.875. The number of rotatable bonds is 11. The van der Waals surface area contributed by atoms with Gasteiger partial charge in [0.1, 0.15) is 0 Å². The summed E-state index contributed by atoms with van der Waals surface area (Å²) < 4.78 is 5.31. The lowest BCUT2D eigenvalue weighted by Gasteiger charge is -2.25. The molecule has 1 N–H and O–H groups in total. The van der Waals surface area contributed by atoms with Crippen molar-refractivity contribution in [2.45, 2.75) is 40.5 Å². The smallest absolute Gasteiger partial charge is 0.242 e. The predicted octanol–water partition coefficient (Wildman–Crippen LogP) is 1.57. The lowest BCUT2D eigenvalue weighted by molar-refractivity contribution is -0.131. The Hall–Kier alpha value is -1.30. The second kappa shape index (κ2) is 13.4. The number of unbranched alkanes of at least 4 members (excludes halogenated alkanes) is 1. The molecule has 0 saturated carbocycles. The molecule has 1 amide bonds. The van der Waals surface area contributed by atoms with E-state index in [4.69, 9.17) is 4.74 Å². The molecule has 0 aliphatic carbocycles. The summed E-state index contributed by atoms with van der Waals surface area (Å²) in [4.78, 5) is 20.5. The van der Waals surface area contributed by atoms with Crippen molar-refractivity contribution in [2.75, 3.05) is 53.0 Å². The van der Waals surface area contributed by atoms with Crippen LogP contribution >= 0.6 is 0 Å². The van der Waals surface area contributed by atoms with E-state index in [2.05, 4.69) is 10.3 Å². The van der Waals surface area contributed by atoms with Gasteiger partial charge in [-0.15, -0.1) is 0 Å². The summed E-state index contributed by atoms with van der Waals surface area (Å²) in [6.07, 6.45) is 2.01. The first kappa shape index (κ1) is 20.7. The van der Waals surface area contributed by atoms with Gasteiger partial charge in [-0.1, -0.05) is 0 Å². The average Bonchev–Trinajstić information content (AvgIpc) is 2.50. The molecule has 0 heterocycles. The molecule has 0 radical (unpaired) electrons. The van der Waals surface area contributed by atoms with Crippen molar-refractivity contribution in [1.82, 2.24) is 15.1 Å². The van der Waals surface area contributed by atoms with Crippen LogP contribution in [0.5, 0.6) is 0 Å². The first-order chi connectivity index (χ1) is 10.6. The van der Waals surface area contributed by atoms with Gasteiger partial charge >= 0.3 is 0 Å². The van der Waals surface area contributed by atoms with Gasteiger partial charge in [0.05, 0.1) is 6.54 Å². The maximum absolute atomic E-state index is 12.2. The van der Waals surface area contributed by atoms with Gasteiger partial charge in [-0.05, 0) is 40.5 Å². The quantitative estimate of drug-likeness (QED) is 0.357. The molecule has 130 valence electrons. The third-order valence-electron chi connectivity index (χ3n) is 3.35. The van der Waals surface area contributed by atoms with Crippen molar-refractivity contribution in [2.24, 2.45) is 4.99 Å². The number of likely N-dealkylation sites (N-methyl/N-ethyl adjacent to an activating group) is 2. The Morgan fingerprint density at radius 2 is 1.82 bits per heavy atom. The molecule has 0 spiro atoms. The van der Waals surface area contributed by atoms with Gasteiger partial charge in [0.15, 0.2) is 5.96 Å². The largest absolute Gasteiger partial charge is 0.382 e. The van der Waals surface area contributed by atoms with Crippen LogP contribution in [0.4, 0.5) is 0 Å². The number of hydrogen-bond acceptors (Lipinski definition) is 3. The number of aliphatic imine (C=N–C) groups is 1. The summed E-state index contributed by atoms with van der Waals surface area (Å²) in [6, 6.07) is 0. The second-order valence-electron chi connectivity index (χ2n) is 5.06. The minimum atomic E-state index is 0.134. The monoisotopic (exact) mass is 314 g/mol. The van der Waals surface area contributed by atoms with Crippen LogP contribution in [-0.4, -0.2) is 74.7 Å². The van der Waals surface area contributed by atoms with E-state index < -0.39 is 0 Å². The molecule has 0 aromatic carbocycles. The Bertz CT molecular complexity index is 317. The molecule has 0 aliphatic heterocycles. The first-order valence-corrected chi connectivity index (χ1v) is 8.45. The van der Waals surface area contributed by atoms with Crippen LogP contribution in [-0.2, 0) is 9.53 Å². The summed E-state index contributed by atoms with van der Waals surface area (Å²) in [7, 11) is 1.91. The van der Waals surface area contributed by atoms with Crippen molar-refractivity contribution >= 4 is 11.9 Å². The van der Waals surface area contributed by atoms with Crippen molar-refractivity contribution in [3.8, 4) is 0 Å². The summed E-state index contributed by atoms with van der Waals surface area (Å²) in [5, 5.41) is 3.24. The molecule has 6 heteroatoms. The van der Waals surface area contributed by atoms with E-state index in [-0.39, 0.29) is 5.91 Å². The van der Waals surface area contributed by atoms with Crippen molar-refractivity contribution < 1.29 is 9.53 Å². The van der Waals surface area contributed by atoms with E-state index in [1.165, 1.54) is 0 Å². The molecule has 0 aromatic rings. The Balaban J connectivity index is 4.36. The fourth-order valence-electron chi connectivity index (χ4n) is 2.07. The summed E-state index contributed by atoms with van der Waals surface area (Å²) >= 11 is 0. The van der Waals surface area contributed by atoms with Gasteiger partial charge in [-0.3, -0.25) is 9.79 Å². The Morgan fingerprint density at radius 1 is 1.14 bits per heavy atom. The zero-order valence-corrected chi connectivity index (χ0v) is 15.0. The van der Waals surface area contributed by atoms with Crippen LogP contribution in [0.1, 0.15) is 40.5 Å². The average molecular weight is 314 g/mol. The topological polar surface area (TPSA) is 57.2 Å². The van der Waals surface area contributed by atoms with Gasteiger partial charge in [0.25, 0.3) is 0 Å². The zero-order valence-electron chi connectivity index (χ0n) is 15.0. The lowest BCUT2D eigenvalue weighted by atomic mass is 10.3. The van der Waals surface area contributed by atoms with Crippen molar-refractivity contribution in [3.63, 3.8) is 0 Å². The molecular weight excluding hydrogens is 280 g/mol. The lowest BCUT2D eigenvalue weighted by Crippen LogP contribution is -2.45. The van der Waals surface area contributed by atoms with Gasteiger partial charge in [0.2, 0.25) is 5.91 Å². The first-order valence-electron chi connectivity index (χ1n) is 8.45. The van der Waals surface area contributed by atoms with Crippen LogP contribution in [0, 0.1) is 0 Å². The minimum Gasteiger partial charge on any atom is -0.382 e. The van der Waals surface area contributed by atoms with E-state index in [9.17, 15) is 4.79 Å². The van der Waals surface area contributed by atoms with Crippen molar-refractivity contribution in [3.05, 3.63) is 0 Å². The van der Waals surface area contributed by atoms with Gasteiger partial charge in [-0.2, -0.15) is 0 Å². The molecule has 0 aliphatic rings. The number of carbonyl (C=O) groups excluding carboxylic acids is 1. The highest BCUT2D eigenvalue weighted by Crippen LogP contribution is 1.96. The van der Waals surface area contributed by atoms with E-state index in [1.54, 1.807) is 0 Å². The van der Waals surface area contributed by atoms with E-state index >= 15 is 0 Å². The Kier molecular flexibility index (Phi) is 12.6. The molecular formula is C16H34N4O2. The Morgan fingerprint density at radius 3 is 2.36 bits per heavy atom. The molecule has 0 atom stereocenters. The zero-order chi connectivity index (χ0) is 16.8. The number of nitrogens with zero attached hydrogens (tertiary/aromatic N) is 3. The minimum absolute atomic E-state index is 0.134. The number of nitrogens with one attached hydrogen (secondary N) is 1. The maximum Gasteiger partial charge on any atom is 0.242 e. The normalized spacial score (nSPS) is 11.4. The number of carbonyl (C=O) groups is 1. The third-order valence-corrected chi connectivity index (χ3v) is 3.35. The van der Waals surface area contributed by atoms with E-state index in [0.717, 1.165) is 58.2 Å². The van der Waals surface area contributed by atoms with Gasteiger partial charge in [0, 0.05) is 46.4 Å². The van der Waals surface area contributed by atoms with Crippen LogP contribution < -0.4 is 5.32 Å². The van der Waals surface area contributed by atoms with E-state index in [1.807, 2.05) is 44.5 Å². The van der Waals surface area contributed by atoms with Crippen LogP contribution in [0.3, 0.4) is 0 Å². The molecule has 0 fully saturated rings. The molecule has 0 aromatic heterocycles. The van der Waals surface area contributed by atoms with Crippen LogP contribution in [0.2, 0.25) is 0 Å². The maximum atomic E-state index is 12.2. The number of ether oxygens (including phenoxy) is 1. The molecule has 6 nitrogen and oxygen atoms in total.